The number of hydrogen-bond donors (Lipinski definition) is 0. The van der Waals surface area contributed by atoms with Crippen molar-refractivity contribution in [3.8, 4) is 11.5 Å². The number of nitrogens with zero attached hydrogens (tertiary/aromatic N) is 2. The molecule has 42 heavy (non-hydrogen) atoms. The van der Waals surface area contributed by atoms with Gasteiger partial charge in [0.2, 0.25) is 5.89 Å². The maximum absolute atomic E-state index is 6.22. The first-order valence-electron chi connectivity index (χ1n) is 13.9. The minimum atomic E-state index is 0.638. The number of aromatic nitrogens is 1. The molecule has 0 aliphatic heterocycles. The van der Waals surface area contributed by atoms with Crippen molar-refractivity contribution in [2.75, 3.05) is 4.90 Å². The number of hydrogen-bond acceptors (Lipinski definition) is 5. The van der Waals surface area contributed by atoms with Crippen molar-refractivity contribution in [2.24, 2.45) is 0 Å². The number of anilines is 3. The molecule has 0 bridgehead atoms. The second-order valence-corrected chi connectivity index (χ2v) is 11.5. The predicted molar refractivity (Wildman–Crippen MR) is 174 cm³/mol. The van der Waals surface area contributed by atoms with Crippen LogP contribution < -0.4 is 4.90 Å². The molecule has 0 unspecified atom stereocenters. The van der Waals surface area contributed by atoms with E-state index >= 15 is 0 Å². The first-order valence-corrected chi connectivity index (χ1v) is 14.7. The van der Waals surface area contributed by atoms with Gasteiger partial charge in [0.05, 0.1) is 5.69 Å². The highest BCUT2D eigenvalue weighted by Crippen LogP contribution is 2.46. The molecule has 0 amide bonds. The number of fused-ring (bicyclic) bond motifs is 7. The Morgan fingerprint density at radius 3 is 2.19 bits per heavy atom. The van der Waals surface area contributed by atoms with Gasteiger partial charge >= 0.3 is 0 Å². The molecule has 9 aromatic rings. The van der Waals surface area contributed by atoms with E-state index in [1.54, 1.807) is 11.3 Å². The van der Waals surface area contributed by atoms with Crippen molar-refractivity contribution in [3.05, 3.63) is 133 Å². The average molecular weight is 559 g/mol. The molecule has 0 aliphatic rings. The topological polar surface area (TPSA) is 42.4 Å². The molecule has 6 aromatic carbocycles. The fraction of sp³-hybridized carbons (Fsp3) is 0. The van der Waals surface area contributed by atoms with Crippen LogP contribution in [0.25, 0.3) is 64.7 Å². The predicted octanol–water partition coefficient (Wildman–Crippen LogP) is 11.2. The van der Waals surface area contributed by atoms with E-state index in [1.807, 2.05) is 42.5 Å². The summed E-state index contributed by atoms with van der Waals surface area (Å²) >= 11 is 1.78. The Labute approximate surface area is 244 Å². The van der Waals surface area contributed by atoms with Crippen molar-refractivity contribution in [1.29, 1.82) is 0 Å². The van der Waals surface area contributed by atoms with Crippen LogP contribution in [0.2, 0.25) is 0 Å². The Balaban J connectivity index is 1.29. The van der Waals surface area contributed by atoms with E-state index in [9.17, 15) is 0 Å². The number of oxazole rings is 1. The third-order valence-corrected chi connectivity index (χ3v) is 9.00. The highest BCUT2D eigenvalue weighted by atomic mass is 32.1. The lowest BCUT2D eigenvalue weighted by Crippen LogP contribution is -2.10. The largest absolute Gasteiger partial charge is 0.456 e. The standard InChI is InChI=1S/C37H22N2O2S/c1-3-10-23(11-4-1)37-38-29-21-28-35(22-33(29)41-37)42-34-17-9-15-30(36(28)34)39(24-12-5-2-6-13-24)25-18-19-32-27(20-25)26-14-7-8-16-31(26)40-32/h1-22H. The smallest absolute Gasteiger partial charge is 0.227 e. The molecule has 0 saturated heterocycles. The molecule has 0 atom stereocenters. The Kier molecular flexibility index (Phi) is 5.03. The molecule has 0 N–H and O–H groups in total. The van der Waals surface area contributed by atoms with Gasteiger partial charge in [-0.05, 0) is 66.7 Å². The fourth-order valence-electron chi connectivity index (χ4n) is 5.98. The first kappa shape index (κ1) is 23.3. The number of benzene rings is 6. The molecular formula is C37H22N2O2S. The van der Waals surface area contributed by atoms with Crippen molar-refractivity contribution in [1.82, 2.24) is 4.98 Å². The summed E-state index contributed by atoms with van der Waals surface area (Å²) < 4.78 is 14.8. The molecule has 3 heterocycles. The van der Waals surface area contributed by atoms with Gasteiger partial charge in [-0.2, -0.15) is 0 Å². The Morgan fingerprint density at radius 1 is 0.524 bits per heavy atom. The van der Waals surface area contributed by atoms with Crippen LogP contribution >= 0.6 is 11.3 Å². The van der Waals surface area contributed by atoms with Crippen molar-refractivity contribution in [3.63, 3.8) is 0 Å². The molecule has 0 radical (unpaired) electrons. The van der Waals surface area contributed by atoms with Gasteiger partial charge in [-0.15, -0.1) is 11.3 Å². The quantitative estimate of drug-likeness (QED) is 0.215. The van der Waals surface area contributed by atoms with E-state index in [1.165, 1.54) is 20.2 Å². The summed E-state index contributed by atoms with van der Waals surface area (Å²) in [6.07, 6.45) is 0. The molecule has 3 aromatic heterocycles. The number of rotatable bonds is 4. The maximum Gasteiger partial charge on any atom is 0.227 e. The Bertz CT molecular complexity index is 2420. The van der Waals surface area contributed by atoms with E-state index in [0.717, 1.165) is 55.7 Å². The summed E-state index contributed by atoms with van der Waals surface area (Å²) in [5, 5.41) is 4.58. The summed E-state index contributed by atoms with van der Waals surface area (Å²) in [4.78, 5) is 7.23. The lowest BCUT2D eigenvalue weighted by atomic mass is 10.1. The fourth-order valence-corrected chi connectivity index (χ4v) is 7.11. The average Bonchev–Trinajstić information content (AvgIpc) is 3.74. The van der Waals surface area contributed by atoms with Crippen LogP contribution in [0.1, 0.15) is 0 Å². The molecule has 0 saturated carbocycles. The van der Waals surface area contributed by atoms with E-state index in [0.29, 0.717) is 5.89 Å². The van der Waals surface area contributed by atoms with E-state index < -0.39 is 0 Å². The Morgan fingerprint density at radius 2 is 1.31 bits per heavy atom. The van der Waals surface area contributed by atoms with E-state index in [-0.39, 0.29) is 0 Å². The third kappa shape index (κ3) is 3.57. The molecule has 9 rings (SSSR count). The van der Waals surface area contributed by atoms with Crippen molar-refractivity contribution < 1.29 is 8.83 Å². The minimum absolute atomic E-state index is 0.638. The van der Waals surface area contributed by atoms with Crippen molar-refractivity contribution >= 4 is 81.6 Å². The molecule has 4 nitrogen and oxygen atoms in total. The van der Waals surface area contributed by atoms with E-state index in [2.05, 4.69) is 95.9 Å². The molecule has 0 fully saturated rings. The first-order chi connectivity index (χ1) is 20.8. The summed E-state index contributed by atoms with van der Waals surface area (Å²) in [5.41, 5.74) is 7.68. The lowest BCUT2D eigenvalue weighted by Gasteiger charge is -2.26. The van der Waals surface area contributed by atoms with Gasteiger partial charge in [-0.3, -0.25) is 0 Å². The van der Waals surface area contributed by atoms with Gasteiger partial charge in [0.25, 0.3) is 0 Å². The molecular weight excluding hydrogens is 536 g/mol. The van der Waals surface area contributed by atoms with Crippen LogP contribution in [0.4, 0.5) is 17.1 Å². The van der Waals surface area contributed by atoms with Crippen LogP contribution in [-0.2, 0) is 0 Å². The second-order valence-electron chi connectivity index (χ2n) is 10.4. The SMILES string of the molecule is c1ccc(-c2nc3cc4c(cc3o2)sc2cccc(N(c3ccccc3)c3ccc5oc6ccccc6c5c3)c24)cc1. The number of furan rings is 1. The zero-order valence-corrected chi connectivity index (χ0v) is 23.1. The van der Waals surface area contributed by atoms with Crippen LogP contribution in [-0.4, -0.2) is 4.98 Å². The van der Waals surface area contributed by atoms with Crippen molar-refractivity contribution in [2.45, 2.75) is 0 Å². The van der Waals surface area contributed by atoms with Crippen LogP contribution in [0, 0.1) is 0 Å². The highest BCUT2D eigenvalue weighted by molar-refractivity contribution is 7.26. The highest BCUT2D eigenvalue weighted by Gasteiger charge is 2.21. The van der Waals surface area contributed by atoms with Gasteiger partial charge in [-0.25, -0.2) is 4.98 Å². The number of para-hydroxylation sites is 2. The van der Waals surface area contributed by atoms with E-state index in [4.69, 9.17) is 13.8 Å². The van der Waals surface area contributed by atoms with Gasteiger partial charge in [0.1, 0.15) is 16.7 Å². The molecule has 0 aliphatic carbocycles. The second kappa shape index (κ2) is 9.06. The molecule has 0 spiro atoms. The summed E-state index contributed by atoms with van der Waals surface area (Å²) in [6.45, 7) is 0. The van der Waals surface area contributed by atoms with Gasteiger partial charge in [-0.1, -0.05) is 60.7 Å². The third-order valence-electron chi connectivity index (χ3n) is 7.88. The van der Waals surface area contributed by atoms with Crippen LogP contribution in [0.5, 0.6) is 0 Å². The monoisotopic (exact) mass is 558 g/mol. The van der Waals surface area contributed by atoms with Gasteiger partial charge < -0.3 is 13.7 Å². The normalized spacial score (nSPS) is 11.8. The van der Waals surface area contributed by atoms with Gasteiger partial charge in [0, 0.05) is 53.9 Å². The number of thiophene rings is 1. The van der Waals surface area contributed by atoms with Gasteiger partial charge in [0.15, 0.2) is 5.58 Å². The lowest BCUT2D eigenvalue weighted by molar-refractivity contribution is 0.620. The summed E-state index contributed by atoms with van der Waals surface area (Å²) in [7, 11) is 0. The summed E-state index contributed by atoms with van der Waals surface area (Å²) in [5.74, 6) is 0.638. The molecule has 198 valence electrons. The molecule has 5 heteroatoms. The Hall–Kier alpha value is -5.39. The zero-order chi connectivity index (χ0) is 27.6. The van der Waals surface area contributed by atoms with Crippen LogP contribution in [0.15, 0.2) is 142 Å². The zero-order valence-electron chi connectivity index (χ0n) is 22.3. The van der Waals surface area contributed by atoms with Crippen LogP contribution in [0.3, 0.4) is 0 Å². The minimum Gasteiger partial charge on any atom is -0.456 e. The summed E-state index contributed by atoms with van der Waals surface area (Å²) in [6, 6.07) is 46.2. The maximum atomic E-state index is 6.22.